The smallest absolute Gasteiger partial charge is 0.0958 e. The van der Waals surface area contributed by atoms with Gasteiger partial charge in [-0.3, -0.25) is 0 Å². The van der Waals surface area contributed by atoms with E-state index in [2.05, 4.69) is 35.8 Å². The molecule has 0 spiro atoms. The first-order valence-electron chi connectivity index (χ1n) is 9.88. The van der Waals surface area contributed by atoms with Crippen molar-refractivity contribution in [3.63, 3.8) is 0 Å². The molecular formula is C22H32N2O2. The van der Waals surface area contributed by atoms with E-state index in [0.29, 0.717) is 12.0 Å². The zero-order valence-electron chi connectivity index (χ0n) is 16.3. The first kappa shape index (κ1) is 19.1. The van der Waals surface area contributed by atoms with Gasteiger partial charge in [-0.2, -0.15) is 0 Å². The lowest BCUT2D eigenvalue weighted by atomic mass is 9.92. The van der Waals surface area contributed by atoms with Gasteiger partial charge in [-0.1, -0.05) is 30.3 Å². The van der Waals surface area contributed by atoms with Crippen molar-refractivity contribution in [2.24, 2.45) is 0 Å². The highest BCUT2D eigenvalue weighted by molar-refractivity contribution is 5.62. The monoisotopic (exact) mass is 356 g/mol. The van der Waals surface area contributed by atoms with Gasteiger partial charge >= 0.3 is 0 Å². The Labute approximate surface area is 157 Å². The number of imidazole rings is 1. The number of aliphatic hydroxyl groups is 1. The van der Waals surface area contributed by atoms with Crippen LogP contribution in [-0.2, 0) is 4.74 Å². The van der Waals surface area contributed by atoms with Crippen molar-refractivity contribution in [1.29, 1.82) is 0 Å². The Kier molecular flexibility index (Phi) is 6.15. The largest absolute Gasteiger partial charge is 0.390 e. The Bertz CT molecular complexity index is 682. The molecule has 1 saturated heterocycles. The van der Waals surface area contributed by atoms with Gasteiger partial charge in [0.1, 0.15) is 0 Å². The average molecular weight is 357 g/mol. The van der Waals surface area contributed by atoms with Crippen LogP contribution in [0.25, 0.3) is 11.3 Å². The fraction of sp³-hybridized carbons (Fsp3) is 0.591. The molecular weight excluding hydrogens is 324 g/mol. The second kappa shape index (κ2) is 8.36. The van der Waals surface area contributed by atoms with Crippen molar-refractivity contribution < 1.29 is 9.84 Å². The van der Waals surface area contributed by atoms with E-state index < -0.39 is 5.60 Å². The number of hydrogen-bond donors (Lipinski definition) is 1. The van der Waals surface area contributed by atoms with E-state index in [1.54, 1.807) is 0 Å². The molecule has 1 fully saturated rings. The number of rotatable bonds is 7. The van der Waals surface area contributed by atoms with Crippen LogP contribution in [0, 0.1) is 0 Å². The Morgan fingerprint density at radius 1 is 1.23 bits per heavy atom. The lowest BCUT2D eigenvalue weighted by Crippen LogP contribution is -2.20. The molecule has 1 aliphatic rings. The van der Waals surface area contributed by atoms with Crippen LogP contribution in [-0.4, -0.2) is 33.5 Å². The van der Waals surface area contributed by atoms with Crippen LogP contribution < -0.4 is 0 Å². The molecule has 1 aromatic carbocycles. The van der Waals surface area contributed by atoms with Gasteiger partial charge < -0.3 is 14.4 Å². The Hall–Kier alpha value is -1.65. The lowest BCUT2D eigenvalue weighted by molar-refractivity contribution is 0.0669. The van der Waals surface area contributed by atoms with Crippen molar-refractivity contribution in [2.45, 2.75) is 70.4 Å². The molecule has 1 aromatic heterocycles. The fourth-order valence-corrected chi connectivity index (χ4v) is 3.88. The second-order valence-electron chi connectivity index (χ2n) is 8.19. The molecule has 0 bridgehead atoms. The molecule has 0 unspecified atom stereocenters. The third kappa shape index (κ3) is 4.74. The minimum Gasteiger partial charge on any atom is -0.390 e. The lowest BCUT2D eigenvalue weighted by Gasteiger charge is -2.27. The third-order valence-corrected chi connectivity index (χ3v) is 5.37. The summed E-state index contributed by atoms with van der Waals surface area (Å²) in [5.41, 5.74) is 3.08. The Balaban J connectivity index is 1.86. The molecule has 0 amide bonds. The van der Waals surface area contributed by atoms with Gasteiger partial charge in [-0.05, 0) is 52.9 Å². The van der Waals surface area contributed by atoms with Crippen molar-refractivity contribution >= 4 is 0 Å². The molecule has 4 heteroatoms. The minimum atomic E-state index is -0.590. The van der Waals surface area contributed by atoms with Crippen LogP contribution in [0.4, 0.5) is 0 Å². The summed E-state index contributed by atoms with van der Waals surface area (Å²) in [6.07, 6.45) is 7.01. The maximum atomic E-state index is 9.98. The number of aromatic nitrogens is 2. The number of benzene rings is 1. The van der Waals surface area contributed by atoms with Gasteiger partial charge in [0, 0.05) is 36.4 Å². The molecule has 1 atom stereocenters. The highest BCUT2D eigenvalue weighted by atomic mass is 16.5. The van der Waals surface area contributed by atoms with Gasteiger partial charge in [0.15, 0.2) is 0 Å². The summed E-state index contributed by atoms with van der Waals surface area (Å²) in [5.74, 6) is 0.498. The second-order valence-corrected chi connectivity index (χ2v) is 8.19. The predicted octanol–water partition coefficient (Wildman–Crippen LogP) is 4.95. The predicted molar refractivity (Wildman–Crippen MR) is 105 cm³/mol. The summed E-state index contributed by atoms with van der Waals surface area (Å²) < 4.78 is 7.97. The van der Waals surface area contributed by atoms with Crippen LogP contribution in [0.2, 0.25) is 0 Å². The van der Waals surface area contributed by atoms with Crippen LogP contribution in [0.5, 0.6) is 0 Å². The van der Waals surface area contributed by atoms with Crippen molar-refractivity contribution in [3.8, 4) is 11.3 Å². The molecule has 2 aromatic rings. The molecule has 0 radical (unpaired) electrons. The zero-order valence-corrected chi connectivity index (χ0v) is 16.3. The van der Waals surface area contributed by atoms with Crippen molar-refractivity contribution in [2.75, 3.05) is 13.2 Å². The van der Waals surface area contributed by atoms with Gasteiger partial charge in [0.2, 0.25) is 0 Å². The van der Waals surface area contributed by atoms with Crippen LogP contribution in [0.15, 0.2) is 36.7 Å². The standard InChI is InChI=1S/C22H32N2O2/c1-17(8-7-13-22(2,3)25)24-16-23-20(18-9-5-4-6-10-18)21(24)19-11-14-26-15-12-19/h4-6,9-10,16-17,19,25H,7-8,11-15H2,1-3H3/t17-/m1/s1. The van der Waals surface area contributed by atoms with Crippen LogP contribution in [0.3, 0.4) is 0 Å². The number of ether oxygens (including phenoxy) is 1. The third-order valence-electron chi connectivity index (χ3n) is 5.37. The maximum absolute atomic E-state index is 9.98. The molecule has 2 heterocycles. The fourth-order valence-electron chi connectivity index (χ4n) is 3.88. The molecule has 142 valence electrons. The normalized spacial score (nSPS) is 17.4. The number of hydrogen-bond acceptors (Lipinski definition) is 3. The molecule has 3 rings (SSSR count). The van der Waals surface area contributed by atoms with Crippen molar-refractivity contribution in [1.82, 2.24) is 9.55 Å². The van der Waals surface area contributed by atoms with Gasteiger partial charge in [-0.15, -0.1) is 0 Å². The zero-order chi connectivity index (χ0) is 18.6. The van der Waals surface area contributed by atoms with E-state index in [-0.39, 0.29) is 0 Å². The maximum Gasteiger partial charge on any atom is 0.0958 e. The number of nitrogens with zero attached hydrogens (tertiary/aromatic N) is 2. The van der Waals surface area contributed by atoms with Gasteiger partial charge in [0.05, 0.1) is 17.6 Å². The first-order chi connectivity index (χ1) is 12.5. The minimum absolute atomic E-state index is 0.375. The topological polar surface area (TPSA) is 47.3 Å². The SMILES string of the molecule is C[C@H](CCCC(C)(C)O)n1cnc(-c2ccccc2)c1C1CCOCC1. The van der Waals surface area contributed by atoms with Crippen molar-refractivity contribution in [3.05, 3.63) is 42.4 Å². The Morgan fingerprint density at radius 2 is 1.92 bits per heavy atom. The summed E-state index contributed by atoms with van der Waals surface area (Å²) in [6, 6.07) is 10.9. The van der Waals surface area contributed by atoms with E-state index in [9.17, 15) is 5.11 Å². The molecule has 0 saturated carbocycles. The summed E-state index contributed by atoms with van der Waals surface area (Å²) >= 11 is 0. The molecule has 1 aliphatic heterocycles. The van der Waals surface area contributed by atoms with E-state index in [4.69, 9.17) is 9.72 Å². The highest BCUT2D eigenvalue weighted by Gasteiger charge is 2.26. The van der Waals surface area contributed by atoms with E-state index in [0.717, 1.165) is 51.0 Å². The summed E-state index contributed by atoms with van der Waals surface area (Å²) in [5, 5.41) is 9.98. The molecule has 4 nitrogen and oxygen atoms in total. The van der Waals surface area contributed by atoms with Gasteiger partial charge in [-0.25, -0.2) is 4.98 Å². The highest BCUT2D eigenvalue weighted by Crippen LogP contribution is 2.36. The first-order valence-corrected chi connectivity index (χ1v) is 9.88. The summed E-state index contributed by atoms with van der Waals surface area (Å²) in [7, 11) is 0. The molecule has 1 N–H and O–H groups in total. The van der Waals surface area contributed by atoms with Crippen LogP contribution >= 0.6 is 0 Å². The average Bonchev–Trinajstić information content (AvgIpc) is 3.07. The van der Waals surface area contributed by atoms with E-state index in [1.807, 2.05) is 26.2 Å². The summed E-state index contributed by atoms with van der Waals surface area (Å²) in [4.78, 5) is 4.81. The Morgan fingerprint density at radius 3 is 2.58 bits per heavy atom. The van der Waals surface area contributed by atoms with Crippen LogP contribution in [0.1, 0.15) is 70.5 Å². The van der Waals surface area contributed by atoms with E-state index in [1.165, 1.54) is 11.3 Å². The van der Waals surface area contributed by atoms with Gasteiger partial charge in [0.25, 0.3) is 0 Å². The molecule has 26 heavy (non-hydrogen) atoms. The molecule has 0 aliphatic carbocycles. The summed E-state index contributed by atoms with van der Waals surface area (Å²) in [6.45, 7) is 7.70. The van der Waals surface area contributed by atoms with E-state index >= 15 is 0 Å². The quantitative estimate of drug-likeness (QED) is 0.764.